The van der Waals surface area contributed by atoms with Crippen LogP contribution in [0, 0.1) is 0 Å². The average molecular weight is 303 g/mol. The van der Waals surface area contributed by atoms with Crippen LogP contribution in [0.25, 0.3) is 0 Å². The summed E-state index contributed by atoms with van der Waals surface area (Å²) in [6.07, 6.45) is 2.04. The summed E-state index contributed by atoms with van der Waals surface area (Å²) >= 11 is 0. The van der Waals surface area contributed by atoms with Crippen LogP contribution < -0.4 is 5.32 Å². The Labute approximate surface area is 134 Å². The number of benzene rings is 1. The first-order valence-electron chi connectivity index (χ1n) is 8.39. The second-order valence-electron chi connectivity index (χ2n) is 6.28. The van der Waals surface area contributed by atoms with E-state index in [0.29, 0.717) is 0 Å². The molecule has 1 N–H and O–H groups in total. The first-order valence-corrected chi connectivity index (χ1v) is 8.39. The molecule has 22 heavy (non-hydrogen) atoms. The lowest BCUT2D eigenvalue weighted by Gasteiger charge is -2.36. The maximum atomic E-state index is 12.6. The van der Waals surface area contributed by atoms with E-state index in [2.05, 4.69) is 41.2 Å². The van der Waals surface area contributed by atoms with Crippen molar-refractivity contribution >= 4 is 5.91 Å². The molecule has 0 radical (unpaired) electrons. The lowest BCUT2D eigenvalue weighted by atomic mass is 10.0. The Kier molecular flexibility index (Phi) is 6.40. The lowest BCUT2D eigenvalue weighted by Crippen LogP contribution is -2.53. The van der Waals surface area contributed by atoms with E-state index in [4.69, 9.17) is 0 Å². The van der Waals surface area contributed by atoms with Gasteiger partial charge in [0.1, 0.15) is 0 Å². The van der Waals surface area contributed by atoms with Crippen molar-refractivity contribution in [1.29, 1.82) is 0 Å². The molecule has 0 saturated carbocycles. The molecule has 1 aliphatic heterocycles. The SMILES string of the molecule is CCC[C@@H](NC(=O)[C@H](C)N1CCN(C)CC1)c1ccccc1. The molecule has 1 fully saturated rings. The van der Waals surface area contributed by atoms with Crippen molar-refractivity contribution in [1.82, 2.24) is 15.1 Å². The van der Waals surface area contributed by atoms with Crippen molar-refractivity contribution in [2.45, 2.75) is 38.8 Å². The van der Waals surface area contributed by atoms with E-state index in [0.717, 1.165) is 39.0 Å². The molecule has 4 nitrogen and oxygen atoms in total. The summed E-state index contributed by atoms with van der Waals surface area (Å²) in [6.45, 7) is 8.19. The van der Waals surface area contributed by atoms with Crippen LogP contribution in [0.15, 0.2) is 30.3 Å². The van der Waals surface area contributed by atoms with Crippen molar-refractivity contribution in [3.63, 3.8) is 0 Å². The summed E-state index contributed by atoms with van der Waals surface area (Å²) in [5.74, 6) is 0.145. The third-order valence-corrected chi connectivity index (χ3v) is 4.56. The number of likely N-dealkylation sites (N-methyl/N-ethyl adjacent to an activating group) is 1. The van der Waals surface area contributed by atoms with Gasteiger partial charge in [0.15, 0.2) is 0 Å². The molecule has 1 aromatic rings. The second kappa shape index (κ2) is 8.30. The van der Waals surface area contributed by atoms with Gasteiger partial charge in [-0.2, -0.15) is 0 Å². The highest BCUT2D eigenvalue weighted by atomic mass is 16.2. The molecular weight excluding hydrogens is 274 g/mol. The predicted molar refractivity (Wildman–Crippen MR) is 90.8 cm³/mol. The van der Waals surface area contributed by atoms with Crippen molar-refractivity contribution in [2.75, 3.05) is 33.2 Å². The van der Waals surface area contributed by atoms with Crippen molar-refractivity contribution in [3.8, 4) is 0 Å². The van der Waals surface area contributed by atoms with Gasteiger partial charge in [-0.3, -0.25) is 9.69 Å². The van der Waals surface area contributed by atoms with Crippen LogP contribution in [-0.4, -0.2) is 55.0 Å². The van der Waals surface area contributed by atoms with Crippen LogP contribution >= 0.6 is 0 Å². The normalized spacial score (nSPS) is 19.6. The minimum atomic E-state index is -0.0585. The number of nitrogens with zero attached hydrogens (tertiary/aromatic N) is 2. The molecule has 0 unspecified atom stereocenters. The highest BCUT2D eigenvalue weighted by molar-refractivity contribution is 5.81. The molecule has 1 saturated heterocycles. The van der Waals surface area contributed by atoms with Gasteiger partial charge in [-0.15, -0.1) is 0 Å². The van der Waals surface area contributed by atoms with E-state index in [1.165, 1.54) is 5.56 Å². The van der Waals surface area contributed by atoms with Crippen LogP contribution in [0.5, 0.6) is 0 Å². The van der Waals surface area contributed by atoms with Gasteiger partial charge in [-0.1, -0.05) is 43.7 Å². The number of hydrogen-bond donors (Lipinski definition) is 1. The third kappa shape index (κ3) is 4.55. The summed E-state index contributed by atoms with van der Waals surface area (Å²) in [5.41, 5.74) is 1.20. The van der Waals surface area contributed by atoms with Crippen molar-refractivity contribution < 1.29 is 4.79 Å². The van der Waals surface area contributed by atoms with E-state index in [1.807, 2.05) is 25.1 Å². The Bertz CT molecular complexity index is 455. The van der Waals surface area contributed by atoms with E-state index >= 15 is 0 Å². The Morgan fingerprint density at radius 3 is 2.41 bits per heavy atom. The molecule has 2 atom stereocenters. The lowest BCUT2D eigenvalue weighted by molar-refractivity contribution is -0.127. The molecule has 122 valence electrons. The van der Waals surface area contributed by atoms with Gasteiger partial charge in [0.2, 0.25) is 5.91 Å². The fourth-order valence-corrected chi connectivity index (χ4v) is 2.96. The molecule has 1 amide bonds. The number of hydrogen-bond acceptors (Lipinski definition) is 3. The summed E-state index contributed by atoms with van der Waals surface area (Å²) < 4.78 is 0. The van der Waals surface area contributed by atoms with Crippen LogP contribution in [0.2, 0.25) is 0 Å². The number of carbonyl (C=O) groups excluding carboxylic acids is 1. The highest BCUT2D eigenvalue weighted by Crippen LogP contribution is 2.18. The molecule has 0 bridgehead atoms. The minimum Gasteiger partial charge on any atom is -0.348 e. The van der Waals surface area contributed by atoms with E-state index in [-0.39, 0.29) is 18.0 Å². The molecule has 2 rings (SSSR count). The smallest absolute Gasteiger partial charge is 0.237 e. The van der Waals surface area contributed by atoms with E-state index < -0.39 is 0 Å². The van der Waals surface area contributed by atoms with Crippen LogP contribution in [0.3, 0.4) is 0 Å². The number of rotatable bonds is 6. The average Bonchev–Trinajstić information content (AvgIpc) is 2.55. The Morgan fingerprint density at radius 2 is 1.82 bits per heavy atom. The molecule has 1 aliphatic rings. The Hall–Kier alpha value is -1.39. The van der Waals surface area contributed by atoms with Gasteiger partial charge < -0.3 is 10.2 Å². The van der Waals surface area contributed by atoms with E-state index in [9.17, 15) is 4.79 Å². The minimum absolute atomic E-state index is 0.0585. The predicted octanol–water partition coefficient (Wildman–Crippen LogP) is 2.28. The summed E-state index contributed by atoms with van der Waals surface area (Å²) in [4.78, 5) is 17.2. The standard InChI is InChI=1S/C18H29N3O/c1-4-8-17(16-9-6-5-7-10-16)19-18(22)15(2)21-13-11-20(3)12-14-21/h5-7,9-10,15,17H,4,8,11-14H2,1-3H3,(H,19,22)/t15-,17+/m0/s1. The van der Waals surface area contributed by atoms with Gasteiger partial charge in [-0.25, -0.2) is 0 Å². The number of carbonyl (C=O) groups is 1. The van der Waals surface area contributed by atoms with Gasteiger partial charge in [0.05, 0.1) is 12.1 Å². The molecule has 0 spiro atoms. The first-order chi connectivity index (χ1) is 10.6. The summed E-state index contributed by atoms with van der Waals surface area (Å²) in [6, 6.07) is 10.3. The monoisotopic (exact) mass is 303 g/mol. The molecule has 0 aromatic heterocycles. The summed E-state index contributed by atoms with van der Waals surface area (Å²) in [7, 11) is 2.13. The van der Waals surface area contributed by atoms with Gasteiger partial charge in [0.25, 0.3) is 0 Å². The maximum Gasteiger partial charge on any atom is 0.237 e. The largest absolute Gasteiger partial charge is 0.348 e. The number of amides is 1. The van der Waals surface area contributed by atoms with Crippen LogP contribution in [-0.2, 0) is 4.79 Å². The summed E-state index contributed by atoms with van der Waals surface area (Å²) in [5, 5.41) is 3.25. The topological polar surface area (TPSA) is 35.6 Å². The third-order valence-electron chi connectivity index (χ3n) is 4.56. The zero-order valence-corrected chi connectivity index (χ0v) is 14.1. The van der Waals surface area contributed by atoms with Crippen molar-refractivity contribution in [3.05, 3.63) is 35.9 Å². The number of nitrogens with one attached hydrogen (secondary N) is 1. The fourth-order valence-electron chi connectivity index (χ4n) is 2.96. The maximum absolute atomic E-state index is 12.6. The quantitative estimate of drug-likeness (QED) is 0.876. The Morgan fingerprint density at radius 1 is 1.18 bits per heavy atom. The second-order valence-corrected chi connectivity index (χ2v) is 6.28. The van der Waals surface area contributed by atoms with Gasteiger partial charge in [-0.05, 0) is 26.0 Å². The molecule has 4 heteroatoms. The highest BCUT2D eigenvalue weighted by Gasteiger charge is 2.26. The van der Waals surface area contributed by atoms with E-state index in [1.54, 1.807) is 0 Å². The number of piperazine rings is 1. The molecule has 1 aromatic carbocycles. The van der Waals surface area contributed by atoms with Crippen molar-refractivity contribution in [2.24, 2.45) is 0 Å². The first kappa shape index (κ1) is 17.0. The van der Waals surface area contributed by atoms with Crippen LogP contribution in [0.1, 0.15) is 38.3 Å². The zero-order valence-electron chi connectivity index (χ0n) is 14.1. The Balaban J connectivity index is 1.95. The molecular formula is C18H29N3O. The fraction of sp³-hybridized carbons (Fsp3) is 0.611. The van der Waals surface area contributed by atoms with Gasteiger partial charge in [0, 0.05) is 26.2 Å². The zero-order chi connectivity index (χ0) is 15.9. The van der Waals surface area contributed by atoms with Gasteiger partial charge >= 0.3 is 0 Å². The molecule has 0 aliphatic carbocycles. The van der Waals surface area contributed by atoms with Crippen LogP contribution in [0.4, 0.5) is 0 Å². The molecule has 1 heterocycles.